The Morgan fingerprint density at radius 1 is 1.28 bits per heavy atom. The Morgan fingerprint density at radius 2 is 2.04 bits per heavy atom. The molecule has 0 aliphatic rings. The molecule has 0 spiro atoms. The number of pyridine rings is 1. The highest BCUT2D eigenvalue weighted by Crippen LogP contribution is 2.17. The third kappa shape index (κ3) is 4.65. The number of rotatable bonds is 5. The lowest BCUT2D eigenvalue weighted by Crippen LogP contribution is -2.17. The number of nitrogens with zero attached hydrogens (tertiary/aromatic N) is 2. The number of hydrogen-bond acceptors (Lipinski definition) is 6. The Balaban J connectivity index is 2.17. The summed E-state index contributed by atoms with van der Waals surface area (Å²) < 4.78 is 4.67. The number of amides is 1. The van der Waals surface area contributed by atoms with E-state index in [2.05, 4.69) is 20.4 Å². The summed E-state index contributed by atoms with van der Waals surface area (Å²) in [5, 5.41) is 14.5. The maximum absolute atomic E-state index is 12.3. The summed E-state index contributed by atoms with van der Waals surface area (Å²) in [5.74, 6) is -0.727. The Labute approximate surface area is 145 Å². The molecule has 1 aromatic carbocycles. The SMILES string of the molecule is COC(=O)c1ccccc1NC(=O)/C(C#N)=C\Nc1cc(C)ccn1. The Bertz CT molecular complexity index is 869. The molecule has 2 aromatic rings. The maximum Gasteiger partial charge on any atom is 0.339 e. The fourth-order valence-corrected chi connectivity index (χ4v) is 1.98. The van der Waals surface area contributed by atoms with Crippen LogP contribution in [-0.2, 0) is 9.53 Å². The number of nitrogens with one attached hydrogen (secondary N) is 2. The molecule has 7 heteroatoms. The van der Waals surface area contributed by atoms with Crippen molar-refractivity contribution in [1.29, 1.82) is 5.26 Å². The molecule has 25 heavy (non-hydrogen) atoms. The number of aromatic nitrogens is 1. The molecule has 0 unspecified atom stereocenters. The lowest BCUT2D eigenvalue weighted by molar-refractivity contribution is -0.112. The first-order valence-electron chi connectivity index (χ1n) is 7.33. The van der Waals surface area contributed by atoms with Gasteiger partial charge in [-0.25, -0.2) is 9.78 Å². The van der Waals surface area contributed by atoms with E-state index in [1.54, 1.807) is 30.5 Å². The second-order valence-electron chi connectivity index (χ2n) is 5.02. The van der Waals surface area contributed by atoms with E-state index in [0.29, 0.717) is 5.82 Å². The van der Waals surface area contributed by atoms with Gasteiger partial charge in [0, 0.05) is 12.4 Å². The van der Waals surface area contributed by atoms with Crippen LogP contribution in [0.2, 0.25) is 0 Å². The molecule has 0 fully saturated rings. The van der Waals surface area contributed by atoms with Gasteiger partial charge >= 0.3 is 5.97 Å². The van der Waals surface area contributed by atoms with Gasteiger partial charge in [0.2, 0.25) is 0 Å². The number of para-hydroxylation sites is 1. The van der Waals surface area contributed by atoms with Crippen LogP contribution in [0, 0.1) is 18.3 Å². The van der Waals surface area contributed by atoms with Crippen molar-refractivity contribution in [2.75, 3.05) is 17.7 Å². The third-order valence-corrected chi connectivity index (χ3v) is 3.23. The summed E-state index contributed by atoms with van der Waals surface area (Å²) in [7, 11) is 1.25. The van der Waals surface area contributed by atoms with Crippen molar-refractivity contribution in [3.8, 4) is 6.07 Å². The quantitative estimate of drug-likeness (QED) is 0.494. The molecule has 1 amide bonds. The van der Waals surface area contributed by atoms with E-state index in [-0.39, 0.29) is 16.8 Å². The summed E-state index contributed by atoms with van der Waals surface area (Å²) in [4.78, 5) is 28.1. The van der Waals surface area contributed by atoms with Crippen LogP contribution in [-0.4, -0.2) is 24.0 Å². The molecule has 0 saturated heterocycles. The monoisotopic (exact) mass is 336 g/mol. The van der Waals surface area contributed by atoms with Crippen LogP contribution in [0.25, 0.3) is 0 Å². The number of ether oxygens (including phenoxy) is 1. The standard InChI is InChI=1S/C18H16N4O3/c1-12-7-8-20-16(9-12)21-11-13(10-19)17(23)22-15-6-4-3-5-14(15)18(24)25-2/h3-9,11H,1-2H3,(H,20,21)(H,22,23)/b13-11-. The Kier molecular flexibility index (Phi) is 5.85. The van der Waals surface area contributed by atoms with Gasteiger partial charge in [-0.2, -0.15) is 5.26 Å². The minimum atomic E-state index is -0.654. The van der Waals surface area contributed by atoms with Gasteiger partial charge in [-0.1, -0.05) is 12.1 Å². The zero-order chi connectivity index (χ0) is 18.2. The molecule has 1 aromatic heterocycles. The number of benzene rings is 1. The fourth-order valence-electron chi connectivity index (χ4n) is 1.98. The van der Waals surface area contributed by atoms with E-state index < -0.39 is 11.9 Å². The van der Waals surface area contributed by atoms with Crippen LogP contribution >= 0.6 is 0 Å². The number of carbonyl (C=O) groups excluding carboxylic acids is 2. The highest BCUT2D eigenvalue weighted by atomic mass is 16.5. The Morgan fingerprint density at radius 3 is 2.72 bits per heavy atom. The van der Waals surface area contributed by atoms with Crippen LogP contribution in [0.15, 0.2) is 54.4 Å². The van der Waals surface area contributed by atoms with Crippen molar-refractivity contribution in [3.05, 3.63) is 65.5 Å². The van der Waals surface area contributed by atoms with E-state index in [4.69, 9.17) is 0 Å². The van der Waals surface area contributed by atoms with Crippen LogP contribution < -0.4 is 10.6 Å². The van der Waals surface area contributed by atoms with Gasteiger partial charge < -0.3 is 15.4 Å². The molecule has 1 heterocycles. The van der Waals surface area contributed by atoms with Crippen molar-refractivity contribution in [2.45, 2.75) is 6.92 Å². The minimum absolute atomic E-state index is 0.164. The van der Waals surface area contributed by atoms with Gasteiger partial charge in [0.25, 0.3) is 5.91 Å². The van der Waals surface area contributed by atoms with Gasteiger partial charge in [-0.3, -0.25) is 4.79 Å². The molecule has 2 rings (SSSR count). The molecule has 7 nitrogen and oxygen atoms in total. The highest BCUT2D eigenvalue weighted by molar-refractivity contribution is 6.09. The molecule has 0 atom stereocenters. The van der Waals surface area contributed by atoms with Crippen molar-refractivity contribution in [3.63, 3.8) is 0 Å². The van der Waals surface area contributed by atoms with E-state index in [0.717, 1.165) is 5.56 Å². The van der Waals surface area contributed by atoms with Crippen molar-refractivity contribution >= 4 is 23.4 Å². The summed E-state index contributed by atoms with van der Waals surface area (Å²) in [6.45, 7) is 1.90. The average molecular weight is 336 g/mol. The van der Waals surface area contributed by atoms with E-state index in [9.17, 15) is 14.9 Å². The van der Waals surface area contributed by atoms with Gasteiger partial charge in [0.1, 0.15) is 17.5 Å². The first kappa shape index (κ1) is 17.7. The lowest BCUT2D eigenvalue weighted by atomic mass is 10.1. The molecule has 0 bridgehead atoms. The van der Waals surface area contributed by atoms with E-state index >= 15 is 0 Å². The van der Waals surface area contributed by atoms with E-state index in [1.165, 1.54) is 19.4 Å². The van der Waals surface area contributed by atoms with Gasteiger partial charge in [-0.05, 0) is 36.8 Å². The van der Waals surface area contributed by atoms with Crippen LogP contribution in [0.4, 0.5) is 11.5 Å². The number of esters is 1. The van der Waals surface area contributed by atoms with Crippen LogP contribution in [0.1, 0.15) is 15.9 Å². The summed E-state index contributed by atoms with van der Waals surface area (Å²) >= 11 is 0. The lowest BCUT2D eigenvalue weighted by Gasteiger charge is -2.09. The van der Waals surface area contributed by atoms with Gasteiger partial charge in [-0.15, -0.1) is 0 Å². The largest absolute Gasteiger partial charge is 0.465 e. The van der Waals surface area contributed by atoms with Gasteiger partial charge in [0.05, 0.1) is 18.4 Å². The Hall–Kier alpha value is -3.66. The molecular weight excluding hydrogens is 320 g/mol. The predicted molar refractivity (Wildman–Crippen MR) is 92.7 cm³/mol. The topological polar surface area (TPSA) is 104 Å². The predicted octanol–water partition coefficient (Wildman–Crippen LogP) is 2.63. The number of carbonyl (C=O) groups is 2. The zero-order valence-electron chi connectivity index (χ0n) is 13.7. The highest BCUT2D eigenvalue weighted by Gasteiger charge is 2.15. The van der Waals surface area contributed by atoms with Crippen molar-refractivity contribution < 1.29 is 14.3 Å². The molecule has 2 N–H and O–H groups in total. The van der Waals surface area contributed by atoms with Gasteiger partial charge in [0.15, 0.2) is 0 Å². The molecule has 0 radical (unpaired) electrons. The number of nitriles is 1. The fraction of sp³-hybridized carbons (Fsp3) is 0.111. The summed E-state index contributed by atoms with van der Waals surface area (Å²) in [6, 6.07) is 11.8. The first-order valence-corrected chi connectivity index (χ1v) is 7.33. The number of aryl methyl sites for hydroxylation is 1. The molecule has 126 valence electrons. The van der Waals surface area contributed by atoms with E-state index in [1.807, 2.05) is 19.1 Å². The van der Waals surface area contributed by atoms with Crippen LogP contribution in [0.5, 0.6) is 0 Å². The van der Waals surface area contributed by atoms with Crippen molar-refractivity contribution in [2.24, 2.45) is 0 Å². The molecule has 0 saturated carbocycles. The second-order valence-corrected chi connectivity index (χ2v) is 5.02. The zero-order valence-corrected chi connectivity index (χ0v) is 13.7. The second kappa shape index (κ2) is 8.26. The molecule has 0 aliphatic carbocycles. The number of hydrogen-bond donors (Lipinski definition) is 2. The molecular formula is C18H16N4O3. The normalized spacial score (nSPS) is 10.5. The molecule has 0 aliphatic heterocycles. The third-order valence-electron chi connectivity index (χ3n) is 3.23. The summed E-state index contributed by atoms with van der Waals surface area (Å²) in [6.07, 6.45) is 2.88. The first-order chi connectivity index (χ1) is 12.0. The van der Waals surface area contributed by atoms with Crippen molar-refractivity contribution in [1.82, 2.24) is 4.98 Å². The smallest absolute Gasteiger partial charge is 0.339 e. The summed E-state index contributed by atoms with van der Waals surface area (Å²) in [5.41, 5.74) is 1.28. The minimum Gasteiger partial charge on any atom is -0.465 e. The number of methoxy groups -OCH3 is 1. The average Bonchev–Trinajstić information content (AvgIpc) is 2.62. The maximum atomic E-state index is 12.3. The number of anilines is 2. The van der Waals surface area contributed by atoms with Crippen LogP contribution in [0.3, 0.4) is 0 Å².